The first-order valence-corrected chi connectivity index (χ1v) is 7.53. The minimum absolute atomic E-state index is 0.126. The molecule has 0 aromatic carbocycles. The number of rotatable bonds is 7. The molecule has 0 amide bonds. The van der Waals surface area contributed by atoms with Gasteiger partial charge in [0.05, 0.1) is 12.0 Å². The van der Waals surface area contributed by atoms with Crippen LogP contribution in [0.1, 0.15) is 20.3 Å². The predicted molar refractivity (Wildman–Crippen MR) is 81.2 cm³/mol. The lowest BCUT2D eigenvalue weighted by molar-refractivity contribution is 0.302. The maximum absolute atomic E-state index is 9.16. The molecule has 0 aliphatic heterocycles. The Balaban J connectivity index is 2.40. The number of aliphatic hydroxyl groups excluding tert-OH is 1. The smallest absolute Gasteiger partial charge is 0.226 e. The summed E-state index contributed by atoms with van der Waals surface area (Å²) in [6, 6.07) is 2.04. The van der Waals surface area contributed by atoms with Crippen molar-refractivity contribution in [3.8, 4) is 0 Å². The number of thiophene rings is 1. The van der Waals surface area contributed by atoms with Crippen molar-refractivity contribution in [2.45, 2.75) is 20.3 Å². The topological polar surface area (TPSA) is 61.3 Å². The first-order valence-electron chi connectivity index (χ1n) is 6.65. The average Bonchev–Trinajstić information content (AvgIpc) is 2.90. The SMILES string of the molecule is CCCNc1nc(N(CC)CCO)c2ccsc2n1. The zero-order valence-electron chi connectivity index (χ0n) is 11.4. The number of likely N-dealkylation sites (N-methyl/N-ethyl adjacent to an activating group) is 1. The molecule has 0 aliphatic rings. The Kier molecular flexibility index (Phi) is 4.93. The molecule has 5 nitrogen and oxygen atoms in total. The molecule has 0 spiro atoms. The highest BCUT2D eigenvalue weighted by Gasteiger charge is 2.13. The number of fused-ring (bicyclic) bond motifs is 1. The zero-order valence-corrected chi connectivity index (χ0v) is 12.2. The first kappa shape index (κ1) is 14.0. The maximum atomic E-state index is 9.16. The van der Waals surface area contributed by atoms with Crippen molar-refractivity contribution in [1.29, 1.82) is 0 Å². The molecule has 0 bridgehead atoms. The molecule has 0 saturated carbocycles. The minimum Gasteiger partial charge on any atom is -0.395 e. The van der Waals surface area contributed by atoms with Crippen LogP contribution in [0.25, 0.3) is 10.2 Å². The van der Waals surface area contributed by atoms with E-state index in [2.05, 4.69) is 34.0 Å². The van der Waals surface area contributed by atoms with Gasteiger partial charge in [0.1, 0.15) is 10.6 Å². The van der Waals surface area contributed by atoms with Gasteiger partial charge in [-0.05, 0) is 24.8 Å². The van der Waals surface area contributed by atoms with Gasteiger partial charge in [-0.25, -0.2) is 4.98 Å². The number of aromatic nitrogens is 2. The maximum Gasteiger partial charge on any atom is 0.226 e. The van der Waals surface area contributed by atoms with E-state index in [4.69, 9.17) is 5.11 Å². The van der Waals surface area contributed by atoms with Gasteiger partial charge in [-0.2, -0.15) is 4.98 Å². The van der Waals surface area contributed by atoms with E-state index in [1.807, 2.05) is 11.4 Å². The lowest BCUT2D eigenvalue weighted by atomic mass is 10.3. The van der Waals surface area contributed by atoms with Crippen LogP contribution < -0.4 is 10.2 Å². The summed E-state index contributed by atoms with van der Waals surface area (Å²) in [7, 11) is 0. The van der Waals surface area contributed by atoms with Gasteiger partial charge in [-0.1, -0.05) is 6.92 Å². The van der Waals surface area contributed by atoms with Crippen LogP contribution in [0.5, 0.6) is 0 Å². The molecule has 2 aromatic heterocycles. The zero-order chi connectivity index (χ0) is 13.7. The second-order valence-corrected chi connectivity index (χ2v) is 5.13. The molecule has 0 aliphatic carbocycles. The summed E-state index contributed by atoms with van der Waals surface area (Å²) in [5.41, 5.74) is 0. The Labute approximate surface area is 117 Å². The predicted octanol–water partition coefficient (Wildman–Crippen LogP) is 2.33. The third-order valence-electron chi connectivity index (χ3n) is 2.89. The average molecular weight is 280 g/mol. The summed E-state index contributed by atoms with van der Waals surface area (Å²) in [6.07, 6.45) is 1.04. The van der Waals surface area contributed by atoms with E-state index < -0.39 is 0 Å². The van der Waals surface area contributed by atoms with Crippen LogP contribution in [-0.2, 0) is 0 Å². The molecule has 0 saturated heterocycles. The highest BCUT2D eigenvalue weighted by atomic mass is 32.1. The lowest BCUT2D eigenvalue weighted by Gasteiger charge is -2.22. The number of nitrogens with zero attached hydrogens (tertiary/aromatic N) is 3. The van der Waals surface area contributed by atoms with E-state index in [9.17, 15) is 0 Å². The van der Waals surface area contributed by atoms with Crippen molar-refractivity contribution < 1.29 is 5.11 Å². The molecule has 6 heteroatoms. The van der Waals surface area contributed by atoms with E-state index in [1.54, 1.807) is 11.3 Å². The van der Waals surface area contributed by atoms with E-state index >= 15 is 0 Å². The minimum atomic E-state index is 0.126. The molecule has 104 valence electrons. The standard InChI is InChI=1S/C13H20N4OS/c1-3-6-14-13-15-11(17(4-2)7-8-18)10-5-9-19-12(10)16-13/h5,9,18H,3-4,6-8H2,1-2H3,(H,14,15,16). The van der Waals surface area contributed by atoms with Crippen molar-refractivity contribution in [1.82, 2.24) is 9.97 Å². The van der Waals surface area contributed by atoms with Gasteiger partial charge in [-0.3, -0.25) is 0 Å². The quantitative estimate of drug-likeness (QED) is 0.815. The molecular weight excluding hydrogens is 260 g/mol. The summed E-state index contributed by atoms with van der Waals surface area (Å²) in [4.78, 5) is 12.2. The normalized spacial score (nSPS) is 10.9. The summed E-state index contributed by atoms with van der Waals surface area (Å²) in [5.74, 6) is 1.57. The second-order valence-electron chi connectivity index (χ2n) is 4.24. The molecule has 2 rings (SSSR count). The molecule has 2 aromatic rings. The molecule has 0 fully saturated rings. The highest BCUT2D eigenvalue weighted by Crippen LogP contribution is 2.28. The van der Waals surface area contributed by atoms with Crippen molar-refractivity contribution in [3.05, 3.63) is 11.4 Å². The summed E-state index contributed by atoms with van der Waals surface area (Å²) in [6.45, 7) is 6.57. The molecule has 0 atom stereocenters. The van der Waals surface area contributed by atoms with Gasteiger partial charge >= 0.3 is 0 Å². The summed E-state index contributed by atoms with van der Waals surface area (Å²) in [5, 5.41) is 15.5. The third kappa shape index (κ3) is 3.13. The van der Waals surface area contributed by atoms with Gasteiger partial charge in [-0.15, -0.1) is 11.3 Å². The van der Waals surface area contributed by atoms with Gasteiger partial charge in [0.2, 0.25) is 5.95 Å². The molecule has 0 radical (unpaired) electrons. The fourth-order valence-electron chi connectivity index (χ4n) is 1.93. The Morgan fingerprint density at radius 1 is 1.37 bits per heavy atom. The van der Waals surface area contributed by atoms with E-state index in [1.165, 1.54) is 0 Å². The Morgan fingerprint density at radius 2 is 2.21 bits per heavy atom. The number of aliphatic hydroxyl groups is 1. The van der Waals surface area contributed by atoms with Crippen LogP contribution in [0.15, 0.2) is 11.4 Å². The van der Waals surface area contributed by atoms with Crippen LogP contribution in [0.3, 0.4) is 0 Å². The van der Waals surface area contributed by atoms with Crippen molar-refractivity contribution in [3.63, 3.8) is 0 Å². The van der Waals surface area contributed by atoms with Crippen molar-refractivity contribution in [2.24, 2.45) is 0 Å². The number of hydrogen-bond acceptors (Lipinski definition) is 6. The summed E-state index contributed by atoms with van der Waals surface area (Å²) >= 11 is 1.61. The summed E-state index contributed by atoms with van der Waals surface area (Å²) < 4.78 is 0. The number of nitrogens with one attached hydrogen (secondary N) is 1. The Bertz CT molecular complexity index is 528. The van der Waals surface area contributed by atoms with Crippen molar-refractivity contribution >= 4 is 33.3 Å². The first-order chi connectivity index (χ1) is 9.30. The Morgan fingerprint density at radius 3 is 2.89 bits per heavy atom. The fourth-order valence-corrected chi connectivity index (χ4v) is 2.69. The van der Waals surface area contributed by atoms with Gasteiger partial charge in [0.25, 0.3) is 0 Å². The monoisotopic (exact) mass is 280 g/mol. The van der Waals surface area contributed by atoms with Crippen LogP contribution in [0, 0.1) is 0 Å². The van der Waals surface area contributed by atoms with E-state index in [0.29, 0.717) is 12.5 Å². The number of hydrogen-bond donors (Lipinski definition) is 2. The van der Waals surface area contributed by atoms with Crippen LogP contribution in [-0.4, -0.2) is 41.3 Å². The molecule has 2 N–H and O–H groups in total. The molecule has 0 unspecified atom stereocenters. The number of anilines is 2. The largest absolute Gasteiger partial charge is 0.395 e. The van der Waals surface area contributed by atoms with Gasteiger partial charge < -0.3 is 15.3 Å². The van der Waals surface area contributed by atoms with Gasteiger partial charge in [0, 0.05) is 19.6 Å². The van der Waals surface area contributed by atoms with Crippen LogP contribution in [0.4, 0.5) is 11.8 Å². The lowest BCUT2D eigenvalue weighted by Crippen LogP contribution is -2.27. The van der Waals surface area contributed by atoms with Crippen LogP contribution in [0.2, 0.25) is 0 Å². The van der Waals surface area contributed by atoms with Crippen LogP contribution >= 0.6 is 11.3 Å². The molecular formula is C13H20N4OS. The van der Waals surface area contributed by atoms with E-state index in [-0.39, 0.29) is 6.61 Å². The highest BCUT2D eigenvalue weighted by molar-refractivity contribution is 7.16. The van der Waals surface area contributed by atoms with E-state index in [0.717, 1.165) is 35.5 Å². The third-order valence-corrected chi connectivity index (χ3v) is 3.70. The molecule has 19 heavy (non-hydrogen) atoms. The molecule has 2 heterocycles. The fraction of sp³-hybridized carbons (Fsp3) is 0.538. The van der Waals surface area contributed by atoms with Gasteiger partial charge in [0.15, 0.2) is 0 Å². The second kappa shape index (κ2) is 6.68. The van der Waals surface area contributed by atoms with Crippen molar-refractivity contribution in [2.75, 3.05) is 36.5 Å². The Hall–Kier alpha value is -1.40.